The van der Waals surface area contributed by atoms with E-state index in [1.165, 1.54) is 6.92 Å². The van der Waals surface area contributed by atoms with Gasteiger partial charge in [0, 0.05) is 6.07 Å². The van der Waals surface area contributed by atoms with Crippen LogP contribution in [0.3, 0.4) is 0 Å². The molecule has 0 aromatic heterocycles. The van der Waals surface area contributed by atoms with E-state index in [4.69, 9.17) is 5.11 Å². The first-order chi connectivity index (χ1) is 9.19. The molecule has 2 N–H and O–H groups in total. The molecule has 0 unspecified atom stereocenters. The monoisotopic (exact) mass is 306 g/mol. The number of nitrogens with zero attached hydrogens (tertiary/aromatic N) is 1. The minimum Gasteiger partial charge on any atom is -0.480 e. The maximum atomic E-state index is 13.1. The molecule has 0 spiro atoms. The number of nitro groups is 1. The third-order valence-corrected chi connectivity index (χ3v) is 3.90. The molecule has 0 radical (unpaired) electrons. The topological polar surface area (TPSA) is 127 Å². The number of carboxylic acids is 1. The van der Waals surface area contributed by atoms with Gasteiger partial charge in [0.25, 0.3) is 0 Å². The van der Waals surface area contributed by atoms with Gasteiger partial charge in [-0.2, -0.15) is 9.11 Å². The third kappa shape index (κ3) is 3.48. The molecule has 0 aliphatic heterocycles. The Kier molecular flexibility index (Phi) is 4.73. The number of nitrogens with one attached hydrogen (secondary N) is 1. The molecule has 0 aliphatic carbocycles. The predicted octanol–water partition coefficient (Wildman–Crippen LogP) is 0.875. The highest BCUT2D eigenvalue weighted by molar-refractivity contribution is 7.89. The normalized spacial score (nSPS) is 12.9. The number of nitro benzene ring substituents is 1. The zero-order valence-electron chi connectivity index (χ0n) is 10.2. The lowest BCUT2D eigenvalue weighted by atomic mass is 10.2. The van der Waals surface area contributed by atoms with Crippen molar-refractivity contribution < 1.29 is 27.6 Å². The van der Waals surface area contributed by atoms with Gasteiger partial charge in [-0.1, -0.05) is 6.92 Å². The lowest BCUT2D eigenvalue weighted by Gasteiger charge is -2.12. The summed E-state index contributed by atoms with van der Waals surface area (Å²) in [4.78, 5) is 19.7. The number of benzene rings is 1. The van der Waals surface area contributed by atoms with Crippen molar-refractivity contribution in [1.29, 1.82) is 0 Å². The van der Waals surface area contributed by atoms with E-state index in [2.05, 4.69) is 0 Å². The minimum atomic E-state index is -4.29. The van der Waals surface area contributed by atoms with Crippen LogP contribution in [0.25, 0.3) is 0 Å². The molecule has 0 aliphatic rings. The molecule has 0 heterocycles. The van der Waals surface area contributed by atoms with Gasteiger partial charge in [-0.25, -0.2) is 8.42 Å². The van der Waals surface area contributed by atoms with Crippen LogP contribution in [0.15, 0.2) is 23.1 Å². The highest BCUT2D eigenvalue weighted by Gasteiger charge is 2.26. The largest absolute Gasteiger partial charge is 0.480 e. The number of sulfonamides is 1. The fourth-order valence-electron chi connectivity index (χ4n) is 1.36. The van der Waals surface area contributed by atoms with Gasteiger partial charge >= 0.3 is 11.7 Å². The van der Waals surface area contributed by atoms with Crippen LogP contribution in [0.2, 0.25) is 0 Å². The Hall–Kier alpha value is -2.07. The van der Waals surface area contributed by atoms with Gasteiger partial charge < -0.3 is 5.11 Å². The van der Waals surface area contributed by atoms with Crippen molar-refractivity contribution in [2.45, 2.75) is 24.3 Å². The first-order valence-corrected chi connectivity index (χ1v) is 6.86. The second-order valence-electron chi connectivity index (χ2n) is 3.79. The lowest BCUT2D eigenvalue weighted by Crippen LogP contribution is -2.40. The van der Waals surface area contributed by atoms with Crippen LogP contribution in [0.1, 0.15) is 13.3 Å². The zero-order chi connectivity index (χ0) is 15.5. The Labute approximate surface area is 113 Å². The van der Waals surface area contributed by atoms with Crippen molar-refractivity contribution in [2.24, 2.45) is 0 Å². The minimum absolute atomic E-state index is 0.0160. The van der Waals surface area contributed by atoms with Crippen LogP contribution >= 0.6 is 0 Å². The van der Waals surface area contributed by atoms with Crippen molar-refractivity contribution >= 4 is 21.7 Å². The van der Waals surface area contributed by atoms with Crippen molar-refractivity contribution in [3.05, 3.63) is 34.1 Å². The Bertz CT molecular complexity index is 645. The van der Waals surface area contributed by atoms with E-state index in [1.807, 2.05) is 4.72 Å². The number of halogens is 1. The smallest absolute Gasteiger partial charge is 0.321 e. The fraction of sp³-hybridized carbons (Fsp3) is 0.300. The summed E-state index contributed by atoms with van der Waals surface area (Å²) in [6.07, 6.45) is -0.0160. The molecule has 8 nitrogen and oxygen atoms in total. The van der Waals surface area contributed by atoms with Gasteiger partial charge in [-0.3, -0.25) is 14.9 Å². The number of carbonyl (C=O) groups is 1. The van der Waals surface area contributed by atoms with Gasteiger partial charge in [-0.15, -0.1) is 0 Å². The van der Waals surface area contributed by atoms with E-state index in [0.717, 1.165) is 6.07 Å². The number of hydrogen-bond acceptors (Lipinski definition) is 5. The second-order valence-corrected chi connectivity index (χ2v) is 5.50. The summed E-state index contributed by atoms with van der Waals surface area (Å²) in [5.41, 5.74) is -1.00. The summed E-state index contributed by atoms with van der Waals surface area (Å²) in [7, 11) is -4.29. The molecule has 0 fully saturated rings. The zero-order valence-corrected chi connectivity index (χ0v) is 11.1. The van der Waals surface area contributed by atoms with E-state index >= 15 is 0 Å². The highest BCUT2D eigenvalue weighted by Crippen LogP contribution is 2.21. The summed E-state index contributed by atoms with van der Waals surface area (Å²) in [5.74, 6) is -2.56. The molecule has 20 heavy (non-hydrogen) atoms. The van der Waals surface area contributed by atoms with Crippen molar-refractivity contribution in [1.82, 2.24) is 4.72 Å². The van der Waals surface area contributed by atoms with E-state index < -0.39 is 43.4 Å². The van der Waals surface area contributed by atoms with E-state index in [1.54, 1.807) is 0 Å². The third-order valence-electron chi connectivity index (χ3n) is 2.43. The quantitative estimate of drug-likeness (QED) is 0.593. The fourth-order valence-corrected chi connectivity index (χ4v) is 2.66. The summed E-state index contributed by atoms with van der Waals surface area (Å²) in [5, 5.41) is 19.3. The number of carboxylic acid groups (broad SMARTS) is 1. The second kappa shape index (κ2) is 5.92. The number of hydrogen-bond donors (Lipinski definition) is 2. The van der Waals surface area contributed by atoms with Crippen molar-refractivity contribution in [3.63, 3.8) is 0 Å². The summed E-state index contributed by atoms with van der Waals surface area (Å²) in [6.45, 7) is 1.45. The Morgan fingerprint density at radius 2 is 2.15 bits per heavy atom. The van der Waals surface area contributed by atoms with Crippen molar-refractivity contribution in [3.8, 4) is 0 Å². The Morgan fingerprint density at radius 1 is 1.55 bits per heavy atom. The van der Waals surface area contributed by atoms with E-state index in [9.17, 15) is 27.7 Å². The van der Waals surface area contributed by atoms with Crippen LogP contribution < -0.4 is 4.72 Å². The van der Waals surface area contributed by atoms with Crippen LogP contribution in [-0.2, 0) is 14.8 Å². The van der Waals surface area contributed by atoms with Crippen LogP contribution in [0.4, 0.5) is 10.1 Å². The standard InChI is InChI=1S/C10H11FN2O6S/c1-2-8(10(14)15)12-20(18,19)6-3-4-7(11)9(5-6)13(16)17/h3-5,8,12H,2H2,1H3,(H,14,15)/t8-/m0/s1. The van der Waals surface area contributed by atoms with Gasteiger partial charge in [0.15, 0.2) is 0 Å². The summed E-state index contributed by atoms with van der Waals surface area (Å²) >= 11 is 0. The molecule has 1 aromatic carbocycles. The van der Waals surface area contributed by atoms with Gasteiger partial charge in [0.2, 0.25) is 15.8 Å². The molecule has 110 valence electrons. The van der Waals surface area contributed by atoms with Crippen LogP contribution in [-0.4, -0.2) is 30.5 Å². The van der Waals surface area contributed by atoms with Gasteiger partial charge in [-0.05, 0) is 18.6 Å². The molecule has 0 bridgehead atoms. The van der Waals surface area contributed by atoms with Crippen LogP contribution in [0.5, 0.6) is 0 Å². The first-order valence-electron chi connectivity index (χ1n) is 5.38. The van der Waals surface area contributed by atoms with E-state index in [0.29, 0.717) is 12.1 Å². The van der Waals surface area contributed by atoms with E-state index in [-0.39, 0.29) is 6.42 Å². The van der Waals surface area contributed by atoms with Gasteiger partial charge in [0.05, 0.1) is 9.82 Å². The molecular weight excluding hydrogens is 295 g/mol. The maximum absolute atomic E-state index is 13.1. The summed E-state index contributed by atoms with van der Waals surface area (Å²) < 4.78 is 38.7. The Morgan fingerprint density at radius 3 is 2.60 bits per heavy atom. The molecule has 1 rings (SSSR count). The molecule has 0 saturated carbocycles. The number of rotatable bonds is 6. The molecule has 0 amide bonds. The Balaban J connectivity index is 3.19. The lowest BCUT2D eigenvalue weighted by molar-refractivity contribution is -0.387. The SMILES string of the molecule is CC[C@H](NS(=O)(=O)c1ccc(F)c([N+](=O)[O-])c1)C(=O)O. The molecule has 1 atom stereocenters. The highest BCUT2D eigenvalue weighted by atomic mass is 32.2. The summed E-state index contributed by atoms with van der Waals surface area (Å²) in [6, 6.07) is 0.615. The first kappa shape index (κ1) is 16.0. The average Bonchev–Trinajstić information content (AvgIpc) is 2.35. The average molecular weight is 306 g/mol. The van der Waals surface area contributed by atoms with Crippen molar-refractivity contribution in [2.75, 3.05) is 0 Å². The molecule has 1 aromatic rings. The molecular formula is C10H11FN2O6S. The molecule has 0 saturated heterocycles. The number of aliphatic carboxylic acids is 1. The van der Waals surface area contributed by atoms with Crippen LogP contribution in [0, 0.1) is 15.9 Å². The van der Waals surface area contributed by atoms with Gasteiger partial charge in [0.1, 0.15) is 6.04 Å². The predicted molar refractivity (Wildman–Crippen MR) is 65.1 cm³/mol. The molecule has 10 heteroatoms. The maximum Gasteiger partial charge on any atom is 0.321 e.